The number of esters is 1. The number of nitrogens with one attached hydrogen (secondary N) is 1. The van der Waals surface area contributed by atoms with Crippen LogP contribution in [0.1, 0.15) is 15.9 Å². The minimum atomic E-state index is -0.529. The fourth-order valence-corrected chi connectivity index (χ4v) is 1.57. The quantitative estimate of drug-likeness (QED) is 0.865. The molecule has 0 unspecified atom stereocenters. The molecule has 102 valence electrons. The topological polar surface area (TPSA) is 68.3 Å². The van der Waals surface area contributed by atoms with Crippen LogP contribution in [0.3, 0.4) is 0 Å². The predicted octanol–water partition coefficient (Wildman–Crippen LogP) is 2.19. The van der Waals surface area contributed by atoms with Crippen LogP contribution in [0.5, 0.6) is 0 Å². The number of aromatic nitrogens is 1. The average Bonchev–Trinajstić information content (AvgIpc) is 2.48. The van der Waals surface area contributed by atoms with Crippen molar-refractivity contribution in [1.82, 2.24) is 4.98 Å². The van der Waals surface area contributed by atoms with Crippen LogP contribution in [0.2, 0.25) is 0 Å². The second kappa shape index (κ2) is 6.47. The van der Waals surface area contributed by atoms with Crippen molar-refractivity contribution in [2.75, 3.05) is 11.9 Å². The standard InChI is InChI=1S/C15H14N2O3/c1-11-6-5-9-16-14(11)17-13(18)10-20-15(19)12-7-3-2-4-8-12/h2-9H,10H2,1H3,(H,16,17,18). The highest BCUT2D eigenvalue weighted by Gasteiger charge is 2.10. The number of benzene rings is 1. The van der Waals surface area contributed by atoms with E-state index in [-0.39, 0.29) is 6.61 Å². The summed E-state index contributed by atoms with van der Waals surface area (Å²) in [6, 6.07) is 12.1. The number of nitrogens with zero attached hydrogens (tertiary/aromatic N) is 1. The van der Waals surface area contributed by atoms with Gasteiger partial charge in [0.2, 0.25) is 0 Å². The van der Waals surface area contributed by atoms with Crippen LogP contribution in [0, 0.1) is 6.92 Å². The Balaban J connectivity index is 1.87. The molecule has 0 fully saturated rings. The summed E-state index contributed by atoms with van der Waals surface area (Å²) in [4.78, 5) is 27.4. The molecule has 0 aliphatic carbocycles. The molecule has 0 bridgehead atoms. The van der Waals surface area contributed by atoms with Gasteiger partial charge in [-0.25, -0.2) is 9.78 Å². The number of carbonyl (C=O) groups is 2. The smallest absolute Gasteiger partial charge is 0.338 e. The highest BCUT2D eigenvalue weighted by atomic mass is 16.5. The lowest BCUT2D eigenvalue weighted by Crippen LogP contribution is -2.21. The number of aryl methyl sites for hydroxylation is 1. The van der Waals surface area contributed by atoms with Gasteiger partial charge in [0.25, 0.3) is 5.91 Å². The maximum absolute atomic E-state index is 11.7. The summed E-state index contributed by atoms with van der Waals surface area (Å²) in [5, 5.41) is 2.59. The minimum Gasteiger partial charge on any atom is -0.452 e. The third-order valence-electron chi connectivity index (χ3n) is 2.61. The van der Waals surface area contributed by atoms with Gasteiger partial charge in [-0.3, -0.25) is 4.79 Å². The lowest BCUT2D eigenvalue weighted by molar-refractivity contribution is -0.119. The van der Waals surface area contributed by atoms with Crippen molar-refractivity contribution in [2.45, 2.75) is 6.92 Å². The zero-order valence-electron chi connectivity index (χ0n) is 11.0. The van der Waals surface area contributed by atoms with Crippen molar-refractivity contribution in [3.63, 3.8) is 0 Å². The predicted molar refractivity (Wildman–Crippen MR) is 74.3 cm³/mol. The normalized spacial score (nSPS) is 9.85. The van der Waals surface area contributed by atoms with E-state index >= 15 is 0 Å². The molecule has 0 radical (unpaired) electrons. The maximum atomic E-state index is 11.7. The molecule has 5 heteroatoms. The molecule has 0 aliphatic heterocycles. The zero-order valence-corrected chi connectivity index (χ0v) is 11.0. The van der Waals surface area contributed by atoms with E-state index in [1.54, 1.807) is 42.6 Å². The van der Waals surface area contributed by atoms with Crippen molar-refractivity contribution in [3.8, 4) is 0 Å². The Labute approximate surface area is 116 Å². The zero-order chi connectivity index (χ0) is 14.4. The van der Waals surface area contributed by atoms with E-state index in [4.69, 9.17) is 4.74 Å². The Hall–Kier alpha value is -2.69. The van der Waals surface area contributed by atoms with E-state index in [9.17, 15) is 9.59 Å². The molecule has 2 aromatic rings. The number of anilines is 1. The van der Waals surface area contributed by atoms with E-state index in [1.807, 2.05) is 13.0 Å². The first-order chi connectivity index (χ1) is 9.66. The minimum absolute atomic E-state index is 0.344. The van der Waals surface area contributed by atoms with Crippen molar-refractivity contribution < 1.29 is 14.3 Å². The van der Waals surface area contributed by atoms with Crippen LogP contribution in [0.25, 0.3) is 0 Å². The van der Waals surface area contributed by atoms with Gasteiger partial charge in [-0.15, -0.1) is 0 Å². The van der Waals surface area contributed by atoms with Gasteiger partial charge in [0.1, 0.15) is 5.82 Å². The van der Waals surface area contributed by atoms with Crippen LogP contribution in [0.4, 0.5) is 5.82 Å². The lowest BCUT2D eigenvalue weighted by atomic mass is 10.2. The van der Waals surface area contributed by atoms with Crippen molar-refractivity contribution in [3.05, 3.63) is 59.8 Å². The van der Waals surface area contributed by atoms with Gasteiger partial charge in [0.15, 0.2) is 6.61 Å². The fourth-order valence-electron chi connectivity index (χ4n) is 1.57. The van der Waals surface area contributed by atoms with Gasteiger partial charge in [0.05, 0.1) is 5.56 Å². The number of hydrogen-bond acceptors (Lipinski definition) is 4. The summed E-state index contributed by atoms with van der Waals surface area (Å²) in [7, 11) is 0. The number of pyridine rings is 1. The molecule has 1 N–H and O–H groups in total. The molecule has 0 atom stereocenters. The molecule has 20 heavy (non-hydrogen) atoms. The second-order valence-corrected chi connectivity index (χ2v) is 4.16. The number of amides is 1. The van der Waals surface area contributed by atoms with Gasteiger partial charge in [-0.05, 0) is 30.7 Å². The second-order valence-electron chi connectivity index (χ2n) is 4.16. The van der Waals surface area contributed by atoms with E-state index in [0.29, 0.717) is 11.4 Å². The summed E-state index contributed by atoms with van der Waals surface area (Å²) >= 11 is 0. The first-order valence-electron chi connectivity index (χ1n) is 6.10. The van der Waals surface area contributed by atoms with Crippen LogP contribution in [0.15, 0.2) is 48.7 Å². The van der Waals surface area contributed by atoms with E-state index in [1.165, 1.54) is 0 Å². The van der Waals surface area contributed by atoms with Gasteiger partial charge in [0, 0.05) is 6.20 Å². The van der Waals surface area contributed by atoms with E-state index in [2.05, 4.69) is 10.3 Å². The van der Waals surface area contributed by atoms with E-state index in [0.717, 1.165) is 5.56 Å². The highest BCUT2D eigenvalue weighted by Crippen LogP contribution is 2.09. The van der Waals surface area contributed by atoms with Gasteiger partial charge < -0.3 is 10.1 Å². The molecule has 0 aliphatic rings. The third-order valence-corrected chi connectivity index (χ3v) is 2.61. The van der Waals surface area contributed by atoms with Gasteiger partial charge in [-0.1, -0.05) is 24.3 Å². The van der Waals surface area contributed by atoms with Crippen LogP contribution in [-0.4, -0.2) is 23.5 Å². The summed E-state index contributed by atoms with van der Waals surface area (Å²) in [5.74, 6) is -0.483. The van der Waals surface area contributed by atoms with Crippen LogP contribution < -0.4 is 5.32 Å². The SMILES string of the molecule is Cc1cccnc1NC(=O)COC(=O)c1ccccc1. The van der Waals surface area contributed by atoms with Crippen molar-refractivity contribution >= 4 is 17.7 Å². The summed E-state index contributed by atoms with van der Waals surface area (Å²) < 4.78 is 4.92. The molecule has 1 aromatic carbocycles. The molecular weight excluding hydrogens is 256 g/mol. The first-order valence-corrected chi connectivity index (χ1v) is 6.10. The number of rotatable bonds is 4. The Kier molecular flexibility index (Phi) is 4.44. The molecule has 0 saturated heterocycles. The third kappa shape index (κ3) is 3.65. The van der Waals surface area contributed by atoms with E-state index < -0.39 is 11.9 Å². The van der Waals surface area contributed by atoms with Crippen molar-refractivity contribution in [1.29, 1.82) is 0 Å². The van der Waals surface area contributed by atoms with Gasteiger partial charge >= 0.3 is 5.97 Å². The maximum Gasteiger partial charge on any atom is 0.338 e. The highest BCUT2D eigenvalue weighted by molar-refractivity contribution is 5.95. The summed E-state index contributed by atoms with van der Waals surface area (Å²) in [6.45, 7) is 1.49. The Bertz CT molecular complexity index is 612. The van der Waals surface area contributed by atoms with Crippen molar-refractivity contribution in [2.24, 2.45) is 0 Å². The molecule has 1 amide bonds. The Morgan fingerprint density at radius 1 is 1.15 bits per heavy atom. The number of carbonyl (C=O) groups excluding carboxylic acids is 2. The largest absolute Gasteiger partial charge is 0.452 e. The summed E-state index contributed by atoms with van der Waals surface area (Å²) in [6.07, 6.45) is 1.58. The molecule has 1 heterocycles. The molecular formula is C15H14N2O3. The van der Waals surface area contributed by atoms with Gasteiger partial charge in [-0.2, -0.15) is 0 Å². The number of hydrogen-bond donors (Lipinski definition) is 1. The Morgan fingerprint density at radius 3 is 2.60 bits per heavy atom. The molecule has 1 aromatic heterocycles. The summed E-state index contributed by atoms with van der Waals surface area (Å²) in [5.41, 5.74) is 1.25. The van der Waals surface area contributed by atoms with Crippen LogP contribution in [-0.2, 0) is 9.53 Å². The van der Waals surface area contributed by atoms with Crippen LogP contribution >= 0.6 is 0 Å². The molecule has 2 rings (SSSR count). The fraction of sp³-hybridized carbons (Fsp3) is 0.133. The molecule has 0 spiro atoms. The average molecular weight is 270 g/mol. The lowest BCUT2D eigenvalue weighted by Gasteiger charge is -2.07. The molecule has 0 saturated carbocycles. The monoisotopic (exact) mass is 270 g/mol. The number of ether oxygens (including phenoxy) is 1. The first kappa shape index (κ1) is 13.7. The molecule has 5 nitrogen and oxygen atoms in total. The Morgan fingerprint density at radius 2 is 1.90 bits per heavy atom.